The van der Waals surface area contributed by atoms with Gasteiger partial charge >= 0.3 is 0 Å². The Kier molecular flexibility index (Phi) is 9.19. The van der Waals surface area contributed by atoms with Crippen LogP contribution >= 0.6 is 0 Å². The standard InChI is InChI=1S/C30H50O5/c1-8-9-25-19(4)14-29-30(35-25)22(7)21(6)28(34-29)15-27-20(5)17(2)12-23(32-27)10-11-26-18(3)13-24(16-31)33-26/h17,19,21-31H,3,5,8-16H2,1-2,4,6-7H3/t17-,19-,21-,22-,23+,24-,25-,26?,27?,28+,29+,30+/m1/s1. The summed E-state index contributed by atoms with van der Waals surface area (Å²) in [6.45, 7) is 20.2. The molecule has 4 aliphatic heterocycles. The summed E-state index contributed by atoms with van der Waals surface area (Å²) in [4.78, 5) is 0. The first-order chi connectivity index (χ1) is 16.7. The molecule has 0 radical (unpaired) electrons. The predicted molar refractivity (Wildman–Crippen MR) is 139 cm³/mol. The molecule has 12 atom stereocenters. The van der Waals surface area contributed by atoms with E-state index in [0.29, 0.717) is 29.8 Å². The molecule has 0 amide bonds. The van der Waals surface area contributed by atoms with Crippen LogP contribution in [0.1, 0.15) is 86.0 Å². The number of ether oxygens (including phenoxy) is 4. The maximum atomic E-state index is 9.42. The second-order valence-corrected chi connectivity index (χ2v) is 12.1. The van der Waals surface area contributed by atoms with Gasteiger partial charge in [0, 0.05) is 6.42 Å². The quantitative estimate of drug-likeness (QED) is 0.433. The van der Waals surface area contributed by atoms with E-state index in [1.54, 1.807) is 0 Å². The van der Waals surface area contributed by atoms with Crippen LogP contribution in [0.5, 0.6) is 0 Å². The van der Waals surface area contributed by atoms with E-state index in [1.165, 1.54) is 12.0 Å². The number of aliphatic hydroxyl groups excluding tert-OH is 1. The van der Waals surface area contributed by atoms with Gasteiger partial charge in [0.05, 0.1) is 55.4 Å². The maximum absolute atomic E-state index is 9.42. The van der Waals surface area contributed by atoms with Crippen LogP contribution < -0.4 is 0 Å². The average Bonchev–Trinajstić information content (AvgIpc) is 3.19. The van der Waals surface area contributed by atoms with Crippen LogP contribution in [0.15, 0.2) is 24.3 Å². The van der Waals surface area contributed by atoms with Crippen molar-refractivity contribution in [3.63, 3.8) is 0 Å². The molecule has 0 aromatic rings. The largest absolute Gasteiger partial charge is 0.394 e. The Bertz CT molecular complexity index is 736. The zero-order valence-corrected chi connectivity index (χ0v) is 22.8. The number of fused-ring (bicyclic) bond motifs is 1. The minimum Gasteiger partial charge on any atom is -0.394 e. The van der Waals surface area contributed by atoms with Crippen molar-refractivity contribution in [3.8, 4) is 0 Å². The first kappa shape index (κ1) is 27.3. The van der Waals surface area contributed by atoms with Crippen molar-refractivity contribution < 1.29 is 24.1 Å². The molecule has 4 aliphatic rings. The fourth-order valence-electron chi connectivity index (χ4n) is 6.92. The van der Waals surface area contributed by atoms with Gasteiger partial charge in [-0.1, -0.05) is 54.2 Å². The maximum Gasteiger partial charge on any atom is 0.0869 e. The van der Waals surface area contributed by atoms with Crippen LogP contribution in [0.3, 0.4) is 0 Å². The van der Waals surface area contributed by atoms with Gasteiger partial charge in [-0.2, -0.15) is 0 Å². The van der Waals surface area contributed by atoms with Crippen molar-refractivity contribution in [1.82, 2.24) is 0 Å². The third-order valence-electron chi connectivity index (χ3n) is 9.52. The van der Waals surface area contributed by atoms with Gasteiger partial charge in [0.2, 0.25) is 0 Å². The molecule has 5 heteroatoms. The van der Waals surface area contributed by atoms with E-state index in [2.05, 4.69) is 47.8 Å². The summed E-state index contributed by atoms with van der Waals surface area (Å²) in [5, 5.41) is 9.42. The zero-order chi connectivity index (χ0) is 25.3. The van der Waals surface area contributed by atoms with Crippen molar-refractivity contribution in [1.29, 1.82) is 0 Å². The molecule has 0 saturated carbocycles. The Morgan fingerprint density at radius 2 is 1.57 bits per heavy atom. The van der Waals surface area contributed by atoms with Crippen LogP contribution in [0.4, 0.5) is 0 Å². The first-order valence-corrected chi connectivity index (χ1v) is 14.3. The van der Waals surface area contributed by atoms with Gasteiger partial charge in [0.15, 0.2) is 0 Å². The van der Waals surface area contributed by atoms with E-state index in [9.17, 15) is 5.11 Å². The molecule has 4 rings (SSSR count). The lowest BCUT2D eigenvalue weighted by molar-refractivity contribution is -0.244. The molecule has 0 aliphatic carbocycles. The molecule has 4 heterocycles. The predicted octanol–water partition coefficient (Wildman–Crippen LogP) is 5.85. The molecule has 4 saturated heterocycles. The lowest BCUT2D eigenvalue weighted by atomic mass is 9.74. The van der Waals surface area contributed by atoms with Gasteiger partial charge in [-0.15, -0.1) is 0 Å². The Morgan fingerprint density at radius 3 is 2.26 bits per heavy atom. The third-order valence-corrected chi connectivity index (χ3v) is 9.52. The third kappa shape index (κ3) is 6.06. The van der Waals surface area contributed by atoms with Gasteiger partial charge in [-0.25, -0.2) is 0 Å². The summed E-state index contributed by atoms with van der Waals surface area (Å²) in [5.41, 5.74) is 2.32. The highest BCUT2D eigenvalue weighted by molar-refractivity contribution is 5.12. The highest BCUT2D eigenvalue weighted by Crippen LogP contribution is 2.44. The van der Waals surface area contributed by atoms with Crippen molar-refractivity contribution in [3.05, 3.63) is 24.3 Å². The summed E-state index contributed by atoms with van der Waals surface area (Å²) < 4.78 is 26.0. The van der Waals surface area contributed by atoms with Crippen LogP contribution in [-0.4, -0.2) is 60.5 Å². The fourth-order valence-corrected chi connectivity index (χ4v) is 6.92. The molecule has 4 fully saturated rings. The first-order valence-electron chi connectivity index (χ1n) is 14.3. The van der Waals surface area contributed by atoms with E-state index < -0.39 is 0 Å². The number of rotatable bonds is 8. The second-order valence-electron chi connectivity index (χ2n) is 12.1. The molecule has 0 aromatic carbocycles. The van der Waals surface area contributed by atoms with E-state index >= 15 is 0 Å². The molecule has 0 bridgehead atoms. The zero-order valence-electron chi connectivity index (χ0n) is 22.8. The Labute approximate surface area is 213 Å². The summed E-state index contributed by atoms with van der Waals surface area (Å²) >= 11 is 0. The highest BCUT2D eigenvalue weighted by atomic mass is 16.6. The van der Waals surface area contributed by atoms with Crippen LogP contribution in [0, 0.1) is 23.7 Å². The smallest absolute Gasteiger partial charge is 0.0869 e. The Hall–Kier alpha value is -0.720. The Balaban J connectivity index is 1.35. The summed E-state index contributed by atoms with van der Waals surface area (Å²) in [7, 11) is 0. The molecular weight excluding hydrogens is 440 g/mol. The fraction of sp³-hybridized carbons (Fsp3) is 0.867. The topological polar surface area (TPSA) is 57.2 Å². The molecule has 2 unspecified atom stereocenters. The van der Waals surface area contributed by atoms with Crippen LogP contribution in [-0.2, 0) is 18.9 Å². The van der Waals surface area contributed by atoms with E-state index in [4.69, 9.17) is 18.9 Å². The van der Waals surface area contributed by atoms with Gasteiger partial charge < -0.3 is 24.1 Å². The minimum atomic E-state index is -0.0919. The number of aliphatic hydroxyl groups is 1. The van der Waals surface area contributed by atoms with Crippen LogP contribution in [0.2, 0.25) is 0 Å². The lowest BCUT2D eigenvalue weighted by Crippen LogP contribution is -2.56. The molecule has 0 spiro atoms. The van der Waals surface area contributed by atoms with Gasteiger partial charge in [0.1, 0.15) is 0 Å². The van der Waals surface area contributed by atoms with Crippen molar-refractivity contribution in [2.24, 2.45) is 23.7 Å². The van der Waals surface area contributed by atoms with Crippen molar-refractivity contribution >= 4 is 0 Å². The molecule has 200 valence electrons. The molecule has 0 aromatic heterocycles. The second kappa shape index (κ2) is 11.8. The minimum absolute atomic E-state index is 0.0348. The highest BCUT2D eigenvalue weighted by Gasteiger charge is 2.48. The van der Waals surface area contributed by atoms with E-state index in [-0.39, 0.29) is 49.3 Å². The van der Waals surface area contributed by atoms with Gasteiger partial charge in [0.25, 0.3) is 0 Å². The van der Waals surface area contributed by atoms with Crippen molar-refractivity contribution in [2.45, 2.75) is 135 Å². The van der Waals surface area contributed by atoms with E-state index in [0.717, 1.165) is 50.5 Å². The SMILES string of the molecule is C=C1C[C@H](CO)OC1CC[C@H]1C[C@@H](C)C(=C)C(C[C@@H]2O[C@H]3C[C@@H](C)[C@@H](CCC)O[C@H]3[C@H](C)[C@H]2C)O1. The molecule has 5 nitrogen and oxygen atoms in total. The summed E-state index contributed by atoms with van der Waals surface area (Å²) in [5.74, 6) is 1.87. The molecular formula is C30H50O5. The lowest BCUT2D eigenvalue weighted by Gasteiger charge is -2.51. The monoisotopic (exact) mass is 490 g/mol. The normalized spacial score (nSPS) is 46.6. The summed E-state index contributed by atoms with van der Waals surface area (Å²) in [6, 6.07) is 0. The number of hydrogen-bond donors (Lipinski definition) is 1. The van der Waals surface area contributed by atoms with Crippen molar-refractivity contribution in [2.75, 3.05) is 6.61 Å². The Morgan fingerprint density at radius 1 is 0.829 bits per heavy atom. The number of hydrogen-bond acceptors (Lipinski definition) is 5. The average molecular weight is 491 g/mol. The van der Waals surface area contributed by atoms with Gasteiger partial charge in [-0.05, 0) is 73.3 Å². The van der Waals surface area contributed by atoms with Gasteiger partial charge in [-0.3, -0.25) is 0 Å². The molecule has 1 N–H and O–H groups in total. The van der Waals surface area contributed by atoms with E-state index in [1.807, 2.05) is 0 Å². The van der Waals surface area contributed by atoms with Crippen LogP contribution in [0.25, 0.3) is 0 Å². The molecule has 35 heavy (non-hydrogen) atoms. The summed E-state index contributed by atoms with van der Waals surface area (Å²) in [6.07, 6.45) is 9.00.